The van der Waals surface area contributed by atoms with Crippen molar-refractivity contribution in [3.63, 3.8) is 0 Å². The van der Waals surface area contributed by atoms with Crippen LogP contribution in [0.25, 0.3) is 34.1 Å². The van der Waals surface area contributed by atoms with Gasteiger partial charge < -0.3 is 26.0 Å². The topological polar surface area (TPSA) is 160 Å². The quantitative estimate of drug-likeness (QED) is 0.215. The number of likely N-dealkylation sites (N-methyl/N-ethyl adjacent to an activating group) is 1. The fraction of sp³-hybridized carbons (Fsp3) is 0.222. The molecular weight excluding hydrogens is 620 g/mol. The van der Waals surface area contributed by atoms with Crippen LogP contribution in [0.2, 0.25) is 0 Å². The molecule has 0 radical (unpaired) electrons. The van der Waals surface area contributed by atoms with Crippen LogP contribution in [0.3, 0.4) is 0 Å². The molecule has 0 spiro atoms. The second-order valence-corrected chi connectivity index (χ2v) is 12.5. The molecule has 0 saturated carbocycles. The third kappa shape index (κ3) is 5.43. The second-order valence-electron chi connectivity index (χ2n) is 12.5. The molecule has 4 aromatic heterocycles. The number of carbonyl (C=O) groups is 2. The number of aromatic hydroxyl groups is 1. The van der Waals surface area contributed by atoms with Gasteiger partial charge in [-0.15, -0.1) is 0 Å². The summed E-state index contributed by atoms with van der Waals surface area (Å²) in [5, 5.41) is 17.5. The van der Waals surface area contributed by atoms with Gasteiger partial charge in [-0.2, -0.15) is 5.10 Å². The molecule has 1 saturated heterocycles. The van der Waals surface area contributed by atoms with Gasteiger partial charge in [0, 0.05) is 62.1 Å². The number of nitrogens with zero attached hydrogens (tertiary/aromatic N) is 8. The Labute approximate surface area is 281 Å². The number of nitrogen functional groups attached to an aromatic ring is 1. The van der Waals surface area contributed by atoms with Crippen LogP contribution in [-0.4, -0.2) is 84.7 Å². The number of imidazole rings is 1. The van der Waals surface area contributed by atoms with E-state index in [2.05, 4.69) is 44.4 Å². The average molecular weight is 655 g/mol. The number of aromatic nitrogens is 6. The number of anilines is 2. The number of pyridine rings is 2. The van der Waals surface area contributed by atoms with Gasteiger partial charge in [-0.3, -0.25) is 14.2 Å². The van der Waals surface area contributed by atoms with Gasteiger partial charge >= 0.3 is 0 Å². The zero-order valence-corrected chi connectivity index (χ0v) is 26.8. The van der Waals surface area contributed by atoms with Crippen molar-refractivity contribution in [3.05, 3.63) is 102 Å². The minimum atomic E-state index is -0.313. The summed E-state index contributed by atoms with van der Waals surface area (Å²) < 4.78 is 3.80. The average Bonchev–Trinajstić information content (AvgIpc) is 3.88. The molecule has 2 aliphatic rings. The molecule has 4 N–H and O–H groups in total. The number of fused-ring (bicyclic) bond motifs is 2. The molecule has 13 nitrogen and oxygen atoms in total. The van der Waals surface area contributed by atoms with Gasteiger partial charge in [0.15, 0.2) is 23.6 Å². The molecule has 1 amide bonds. The van der Waals surface area contributed by atoms with E-state index in [4.69, 9.17) is 15.7 Å². The first-order valence-corrected chi connectivity index (χ1v) is 16.2. The number of aryl methyl sites for hydroxylation is 1. The molecule has 1 fully saturated rings. The van der Waals surface area contributed by atoms with E-state index in [0.29, 0.717) is 46.9 Å². The molecule has 13 heteroatoms. The second kappa shape index (κ2) is 12.2. The fourth-order valence-electron chi connectivity index (χ4n) is 6.78. The van der Waals surface area contributed by atoms with E-state index >= 15 is 0 Å². The van der Waals surface area contributed by atoms with Crippen molar-refractivity contribution in [3.8, 4) is 28.6 Å². The van der Waals surface area contributed by atoms with Crippen LogP contribution in [0.1, 0.15) is 44.3 Å². The molecule has 8 rings (SSSR count). The number of piperazine rings is 1. The van der Waals surface area contributed by atoms with E-state index in [1.54, 1.807) is 17.1 Å². The van der Waals surface area contributed by atoms with Crippen LogP contribution < -0.4 is 16.0 Å². The lowest BCUT2D eigenvalue weighted by Crippen LogP contribution is -2.44. The number of rotatable bonds is 7. The number of aldehydes is 1. The lowest BCUT2D eigenvalue weighted by molar-refractivity contribution is 0.0936. The fourth-order valence-corrected chi connectivity index (χ4v) is 6.78. The summed E-state index contributed by atoms with van der Waals surface area (Å²) in [6.07, 6.45) is 7.28. The molecular formula is C36H34N10O3. The molecule has 5 heterocycles. The smallest absolute Gasteiger partial charge is 0.251 e. The number of benzene rings is 2. The zero-order valence-electron chi connectivity index (χ0n) is 26.8. The van der Waals surface area contributed by atoms with Gasteiger partial charge in [-0.1, -0.05) is 6.07 Å². The number of nitrogens with two attached hydrogens (primary N) is 1. The SMILES string of the molecule is CN1CCN(c2cc(-n3cccn3)nc3c2nc(-c2cccnc2N)n3-c2ccc3c(c2)CC[C@@H]3NC(=O)c2ccc(O)c(C=O)c2)CC1. The highest BCUT2D eigenvalue weighted by atomic mass is 16.3. The minimum absolute atomic E-state index is 0.0711. The molecule has 0 bridgehead atoms. The summed E-state index contributed by atoms with van der Waals surface area (Å²) >= 11 is 0. The number of nitrogens with one attached hydrogen (secondary N) is 1. The number of hydrogen-bond acceptors (Lipinski definition) is 10. The van der Waals surface area contributed by atoms with Gasteiger partial charge in [0.25, 0.3) is 5.91 Å². The summed E-state index contributed by atoms with van der Waals surface area (Å²) in [6, 6.07) is 17.9. The van der Waals surface area contributed by atoms with Gasteiger partial charge in [-0.05, 0) is 79.5 Å². The Hall–Kier alpha value is -6.08. The molecule has 0 unspecified atom stereocenters. The largest absolute Gasteiger partial charge is 0.507 e. The Morgan fingerprint density at radius 1 is 1.02 bits per heavy atom. The Morgan fingerprint density at radius 3 is 2.65 bits per heavy atom. The van der Waals surface area contributed by atoms with Gasteiger partial charge in [0.1, 0.15) is 17.1 Å². The third-order valence-electron chi connectivity index (χ3n) is 9.43. The van der Waals surface area contributed by atoms with E-state index < -0.39 is 0 Å². The first-order valence-electron chi connectivity index (χ1n) is 16.2. The van der Waals surface area contributed by atoms with Crippen molar-refractivity contribution in [1.82, 2.24) is 39.5 Å². The van der Waals surface area contributed by atoms with E-state index in [1.165, 1.54) is 18.2 Å². The van der Waals surface area contributed by atoms with E-state index in [0.717, 1.165) is 60.6 Å². The predicted octanol–water partition coefficient (Wildman–Crippen LogP) is 3.94. The van der Waals surface area contributed by atoms with Crippen LogP contribution >= 0.6 is 0 Å². The van der Waals surface area contributed by atoms with Crippen molar-refractivity contribution in [1.29, 1.82) is 0 Å². The lowest BCUT2D eigenvalue weighted by atomic mass is 10.1. The highest BCUT2D eigenvalue weighted by Gasteiger charge is 2.28. The predicted molar refractivity (Wildman–Crippen MR) is 185 cm³/mol. The van der Waals surface area contributed by atoms with Crippen molar-refractivity contribution < 1.29 is 14.7 Å². The number of phenols is 1. The molecule has 6 aromatic rings. The molecule has 246 valence electrons. The number of amides is 1. The lowest BCUT2D eigenvalue weighted by Gasteiger charge is -2.34. The summed E-state index contributed by atoms with van der Waals surface area (Å²) in [5.41, 5.74) is 12.9. The summed E-state index contributed by atoms with van der Waals surface area (Å²) in [7, 11) is 2.13. The first-order chi connectivity index (χ1) is 23.9. The van der Waals surface area contributed by atoms with Crippen LogP contribution in [-0.2, 0) is 6.42 Å². The summed E-state index contributed by atoms with van der Waals surface area (Å²) in [4.78, 5) is 43.9. The summed E-state index contributed by atoms with van der Waals surface area (Å²) in [6.45, 7) is 3.55. The van der Waals surface area contributed by atoms with E-state index in [1.807, 2.05) is 41.1 Å². The van der Waals surface area contributed by atoms with Gasteiger partial charge in [0.05, 0.1) is 22.9 Å². The van der Waals surface area contributed by atoms with E-state index in [9.17, 15) is 14.7 Å². The van der Waals surface area contributed by atoms with Crippen molar-refractivity contribution >= 4 is 34.9 Å². The van der Waals surface area contributed by atoms with Gasteiger partial charge in [0.2, 0.25) is 0 Å². The number of carbonyl (C=O) groups excluding carboxylic acids is 2. The molecule has 1 atom stereocenters. The van der Waals surface area contributed by atoms with Crippen molar-refractivity contribution in [2.45, 2.75) is 18.9 Å². The normalized spacial score (nSPS) is 16.2. The standard InChI is InChI=1S/C36H34N10O3/c1-43-14-16-44(17-15-43)29-20-31(45-13-3-12-39-45)41-35-32(29)42-34(27-4-2-11-38-33(27)37)46(35)25-7-8-26-22(19-25)5-9-28(26)40-36(49)23-6-10-30(48)24(18-23)21-47/h2-4,6-8,10-13,18-21,28,48H,5,9,14-17H2,1H3,(H2,37,38)(H,40,49)/t28-/m0/s1. The Balaban J connectivity index is 1.24. The number of hydrogen-bond donors (Lipinski definition) is 3. The Kier molecular flexibility index (Phi) is 7.52. The molecule has 49 heavy (non-hydrogen) atoms. The highest BCUT2D eigenvalue weighted by Crippen LogP contribution is 2.38. The number of phenolic OH excluding ortho intramolecular Hbond substituents is 1. The Bertz CT molecular complexity index is 2220. The minimum Gasteiger partial charge on any atom is -0.507 e. The van der Waals surface area contributed by atoms with Crippen LogP contribution in [0, 0.1) is 0 Å². The van der Waals surface area contributed by atoms with E-state index in [-0.39, 0.29) is 23.3 Å². The van der Waals surface area contributed by atoms with Crippen molar-refractivity contribution in [2.24, 2.45) is 0 Å². The zero-order chi connectivity index (χ0) is 33.6. The summed E-state index contributed by atoms with van der Waals surface area (Å²) in [5.74, 6) is 1.19. The van der Waals surface area contributed by atoms with Crippen LogP contribution in [0.5, 0.6) is 5.75 Å². The molecule has 1 aliphatic heterocycles. The maximum Gasteiger partial charge on any atom is 0.251 e. The maximum atomic E-state index is 13.2. The maximum absolute atomic E-state index is 13.2. The Morgan fingerprint density at radius 2 is 1.88 bits per heavy atom. The highest BCUT2D eigenvalue weighted by molar-refractivity contribution is 5.97. The molecule has 1 aliphatic carbocycles. The van der Waals surface area contributed by atoms with Gasteiger partial charge in [-0.25, -0.2) is 19.6 Å². The van der Waals surface area contributed by atoms with Crippen LogP contribution in [0.4, 0.5) is 11.5 Å². The third-order valence-corrected chi connectivity index (χ3v) is 9.43. The monoisotopic (exact) mass is 654 g/mol. The van der Waals surface area contributed by atoms with Crippen molar-refractivity contribution in [2.75, 3.05) is 43.9 Å². The first kappa shape index (κ1) is 30.3. The molecule has 2 aromatic carbocycles. The van der Waals surface area contributed by atoms with Crippen LogP contribution in [0.15, 0.2) is 79.3 Å².